The van der Waals surface area contributed by atoms with Gasteiger partial charge < -0.3 is 0 Å². The van der Waals surface area contributed by atoms with Crippen molar-refractivity contribution in [3.63, 3.8) is 0 Å². The molecule has 0 bridgehead atoms. The molecule has 0 atom stereocenters. The molecule has 0 saturated heterocycles. The molecule has 1 aromatic carbocycles. The molecular weight excluding hydrogens is 353 g/mol. The molecule has 0 heterocycles. The maximum absolute atomic E-state index is 14.4. The van der Waals surface area contributed by atoms with Crippen molar-refractivity contribution in [2.45, 2.75) is 35.3 Å². The lowest BCUT2D eigenvalue weighted by Gasteiger charge is -2.52. The highest BCUT2D eigenvalue weighted by Crippen LogP contribution is 2.72. The quantitative estimate of drug-likeness (QED) is 0.631. The molecule has 2 rings (SSSR count). The Morgan fingerprint density at radius 2 is 0.957 bits per heavy atom. The topological polar surface area (TPSA) is 0 Å². The van der Waals surface area contributed by atoms with E-state index in [1.165, 1.54) is 6.07 Å². The summed E-state index contributed by atoms with van der Waals surface area (Å²) >= 11 is 0. The molecule has 0 N–H and O–H groups in total. The summed E-state index contributed by atoms with van der Waals surface area (Å²) in [5.74, 6) is -35.1. The summed E-state index contributed by atoms with van der Waals surface area (Å²) < 4.78 is 148. The van der Waals surface area contributed by atoms with E-state index in [9.17, 15) is 48.3 Å². The van der Waals surface area contributed by atoms with E-state index in [1.807, 2.05) is 0 Å². The van der Waals surface area contributed by atoms with Gasteiger partial charge in [-0.2, -0.15) is 43.9 Å². The number of hydrogen-bond donors (Lipinski definition) is 0. The Bertz CT molecular complexity index is 575. The molecule has 0 aliphatic heterocycles. The number of benzene rings is 1. The van der Waals surface area contributed by atoms with Gasteiger partial charge in [0, 0.05) is 5.56 Å². The van der Waals surface area contributed by atoms with Crippen molar-refractivity contribution in [3.8, 4) is 0 Å². The minimum absolute atomic E-state index is 0.0391. The molecule has 1 aliphatic rings. The minimum atomic E-state index is -7.20. The molecule has 1 aromatic rings. The number of alkyl halides is 11. The smallest absolute Gasteiger partial charge is 0.225 e. The van der Waals surface area contributed by atoms with Crippen molar-refractivity contribution in [3.05, 3.63) is 35.9 Å². The molecule has 0 unspecified atom stereocenters. The van der Waals surface area contributed by atoms with E-state index in [1.54, 1.807) is 0 Å². The molecule has 1 saturated carbocycles. The second-order valence-corrected chi connectivity index (χ2v) is 4.81. The van der Waals surface area contributed by atoms with Crippen molar-refractivity contribution in [2.24, 2.45) is 0 Å². The van der Waals surface area contributed by atoms with Crippen LogP contribution in [-0.2, 0) is 5.67 Å². The molecule has 129 valence electrons. The lowest BCUT2D eigenvalue weighted by Crippen LogP contribution is -2.82. The zero-order valence-electron chi connectivity index (χ0n) is 10.5. The van der Waals surface area contributed by atoms with E-state index in [2.05, 4.69) is 0 Å². The van der Waals surface area contributed by atoms with E-state index < -0.39 is 40.8 Å². The fraction of sp³-hybridized carbons (Fsp3) is 0.500. The molecule has 1 fully saturated rings. The Labute approximate surface area is 120 Å². The number of rotatable bonds is 1. The van der Waals surface area contributed by atoms with Gasteiger partial charge in [0.25, 0.3) is 5.67 Å². The van der Waals surface area contributed by atoms with Gasteiger partial charge in [0.1, 0.15) is 0 Å². The van der Waals surface area contributed by atoms with Crippen molar-refractivity contribution in [1.29, 1.82) is 0 Å². The van der Waals surface area contributed by atoms with Crippen LogP contribution in [0.1, 0.15) is 5.56 Å². The first kappa shape index (κ1) is 17.8. The Kier molecular flexibility index (Phi) is 3.32. The molecule has 11 heteroatoms. The van der Waals surface area contributed by atoms with Gasteiger partial charge >= 0.3 is 29.6 Å². The van der Waals surface area contributed by atoms with Crippen molar-refractivity contribution < 1.29 is 48.3 Å². The summed E-state index contributed by atoms with van der Waals surface area (Å²) in [6.45, 7) is 0. The highest BCUT2D eigenvalue weighted by molar-refractivity contribution is 5.36. The lowest BCUT2D eigenvalue weighted by molar-refractivity contribution is -0.489. The fourth-order valence-electron chi connectivity index (χ4n) is 2.17. The van der Waals surface area contributed by atoms with Crippen LogP contribution in [0.2, 0.25) is 0 Å². The zero-order valence-corrected chi connectivity index (χ0v) is 10.5. The van der Waals surface area contributed by atoms with Crippen LogP contribution in [0.4, 0.5) is 48.3 Å². The third-order valence-corrected chi connectivity index (χ3v) is 3.52. The summed E-state index contributed by atoms with van der Waals surface area (Å²) in [4.78, 5) is 0. The van der Waals surface area contributed by atoms with Crippen LogP contribution in [0.3, 0.4) is 0 Å². The van der Waals surface area contributed by atoms with Crippen LogP contribution in [0.15, 0.2) is 24.3 Å². The molecule has 1 aliphatic carbocycles. The van der Waals surface area contributed by atoms with Gasteiger partial charge in [-0.05, 0) is 6.07 Å². The standard InChI is InChI=1S/C12H4F11/c13-7(6-4-2-1-3-5-6)8(14,15)10(18,19)12(22,23)11(20,21)9(7,16)17/h1-4H. The average molecular weight is 357 g/mol. The first-order valence-electron chi connectivity index (χ1n) is 5.66. The fourth-order valence-corrected chi connectivity index (χ4v) is 2.17. The van der Waals surface area contributed by atoms with E-state index >= 15 is 0 Å². The second kappa shape index (κ2) is 4.29. The number of hydrogen-bond acceptors (Lipinski definition) is 0. The summed E-state index contributed by atoms with van der Waals surface area (Å²) in [5, 5.41) is 0. The van der Waals surface area contributed by atoms with Gasteiger partial charge in [0.05, 0.1) is 0 Å². The highest BCUT2D eigenvalue weighted by atomic mass is 19.4. The van der Waals surface area contributed by atoms with Crippen molar-refractivity contribution in [1.82, 2.24) is 0 Å². The number of halogens is 11. The molecular formula is C12H4F11. The molecule has 0 nitrogen and oxygen atoms in total. The SMILES string of the molecule is FC1(F)C(F)(F)C(F)(F)C(F)(c2[c]cccc2)C(F)(F)C1(F)F. The summed E-state index contributed by atoms with van der Waals surface area (Å²) in [6, 6.07) is 3.36. The normalized spacial score (nSPS) is 29.0. The first-order valence-corrected chi connectivity index (χ1v) is 5.66. The van der Waals surface area contributed by atoms with Gasteiger partial charge in [-0.15, -0.1) is 0 Å². The minimum Gasteiger partial charge on any atom is -0.225 e. The maximum atomic E-state index is 14.4. The van der Waals surface area contributed by atoms with Crippen LogP contribution < -0.4 is 0 Å². The van der Waals surface area contributed by atoms with Gasteiger partial charge in [0.15, 0.2) is 0 Å². The van der Waals surface area contributed by atoms with Crippen LogP contribution >= 0.6 is 0 Å². The summed E-state index contributed by atoms with van der Waals surface area (Å²) in [6.07, 6.45) is 0. The summed E-state index contributed by atoms with van der Waals surface area (Å²) in [7, 11) is 0. The second-order valence-electron chi connectivity index (χ2n) is 4.81. The van der Waals surface area contributed by atoms with E-state index in [0.29, 0.717) is 12.1 Å². The van der Waals surface area contributed by atoms with E-state index in [-0.39, 0.29) is 6.07 Å². The largest absolute Gasteiger partial charge is 0.384 e. The zero-order chi connectivity index (χ0) is 18.1. The predicted molar refractivity (Wildman–Crippen MR) is 52.8 cm³/mol. The van der Waals surface area contributed by atoms with Gasteiger partial charge in [-0.25, -0.2) is 4.39 Å². The molecule has 1 radical (unpaired) electrons. The van der Waals surface area contributed by atoms with Crippen LogP contribution in [0.5, 0.6) is 0 Å². The third-order valence-electron chi connectivity index (χ3n) is 3.52. The Balaban J connectivity index is 2.91. The van der Waals surface area contributed by atoms with Crippen LogP contribution in [-0.4, -0.2) is 29.6 Å². The monoisotopic (exact) mass is 357 g/mol. The van der Waals surface area contributed by atoms with Crippen molar-refractivity contribution >= 4 is 0 Å². The van der Waals surface area contributed by atoms with Crippen LogP contribution in [0.25, 0.3) is 0 Å². The third kappa shape index (κ3) is 1.58. The lowest BCUT2D eigenvalue weighted by atomic mass is 9.69. The average Bonchev–Trinajstić information content (AvgIpc) is 2.45. The maximum Gasteiger partial charge on any atom is 0.384 e. The molecule has 0 spiro atoms. The molecule has 23 heavy (non-hydrogen) atoms. The van der Waals surface area contributed by atoms with Gasteiger partial charge in [-0.1, -0.05) is 24.3 Å². The Morgan fingerprint density at radius 3 is 1.30 bits per heavy atom. The molecule has 0 aromatic heterocycles. The summed E-state index contributed by atoms with van der Waals surface area (Å²) in [5.41, 5.74) is -8.22. The van der Waals surface area contributed by atoms with Gasteiger partial charge in [0.2, 0.25) is 0 Å². The first-order chi connectivity index (χ1) is 10.1. The van der Waals surface area contributed by atoms with E-state index in [0.717, 1.165) is 6.07 Å². The van der Waals surface area contributed by atoms with Crippen LogP contribution in [0, 0.1) is 6.07 Å². The predicted octanol–water partition coefficient (Wildman–Crippen LogP) is 4.84. The molecule has 0 amide bonds. The van der Waals surface area contributed by atoms with Crippen molar-refractivity contribution in [2.75, 3.05) is 0 Å². The van der Waals surface area contributed by atoms with E-state index in [4.69, 9.17) is 0 Å². The van der Waals surface area contributed by atoms with Gasteiger partial charge in [-0.3, -0.25) is 0 Å². The Hall–Kier alpha value is -1.55. The highest BCUT2D eigenvalue weighted by Gasteiger charge is 3.01. The Morgan fingerprint density at radius 1 is 0.565 bits per heavy atom.